The first-order valence-corrected chi connectivity index (χ1v) is 6.91. The average Bonchev–Trinajstić information content (AvgIpc) is 2.84. The lowest BCUT2D eigenvalue weighted by molar-refractivity contribution is 0.132. The van der Waals surface area contributed by atoms with E-state index < -0.39 is 6.10 Å². The minimum atomic E-state index is -0.505. The molecule has 0 fully saturated rings. The summed E-state index contributed by atoms with van der Waals surface area (Å²) in [5.41, 5.74) is 7.02. The van der Waals surface area contributed by atoms with Gasteiger partial charge in [-0.25, -0.2) is 15.0 Å². The second-order valence-corrected chi connectivity index (χ2v) is 4.89. The third kappa shape index (κ3) is 2.96. The molecule has 0 aliphatic heterocycles. The lowest BCUT2D eigenvalue weighted by Crippen LogP contribution is -2.20. The Balaban J connectivity index is 2.30. The molecule has 3 N–H and O–H groups in total. The van der Waals surface area contributed by atoms with Crippen LogP contribution in [0.5, 0.6) is 0 Å². The van der Waals surface area contributed by atoms with E-state index in [1.807, 2.05) is 4.57 Å². The van der Waals surface area contributed by atoms with Gasteiger partial charge in [-0.15, -0.1) is 0 Å². The Bertz CT molecular complexity index is 590. The van der Waals surface area contributed by atoms with Gasteiger partial charge in [-0.3, -0.25) is 0 Å². The van der Waals surface area contributed by atoms with Crippen LogP contribution in [-0.2, 0) is 0 Å². The fourth-order valence-electron chi connectivity index (χ4n) is 2.18. The quantitative estimate of drug-likeness (QED) is 0.788. The Labute approximate surface area is 118 Å². The number of aliphatic hydroxyl groups is 1. The molecule has 0 saturated carbocycles. The van der Waals surface area contributed by atoms with Gasteiger partial charge in [0.1, 0.15) is 11.8 Å². The van der Waals surface area contributed by atoms with Crippen LogP contribution in [0.1, 0.15) is 39.2 Å². The summed E-state index contributed by atoms with van der Waals surface area (Å²) in [6.45, 7) is 3.91. The van der Waals surface area contributed by atoms with Crippen LogP contribution < -0.4 is 5.73 Å². The number of aromatic nitrogens is 4. The SMILES string of the molecule is CCCC=CCC(C(C)O)n1cnc2c(N)ncnc21. The highest BCUT2D eigenvalue weighted by atomic mass is 16.3. The van der Waals surface area contributed by atoms with Gasteiger partial charge in [-0.2, -0.15) is 0 Å². The minimum Gasteiger partial charge on any atom is -0.391 e. The van der Waals surface area contributed by atoms with Crippen molar-refractivity contribution in [1.29, 1.82) is 0 Å². The molecule has 2 unspecified atom stereocenters. The van der Waals surface area contributed by atoms with E-state index in [4.69, 9.17) is 5.73 Å². The van der Waals surface area contributed by atoms with Gasteiger partial charge in [0.05, 0.1) is 18.5 Å². The molecule has 108 valence electrons. The first-order valence-electron chi connectivity index (χ1n) is 6.91. The highest BCUT2D eigenvalue weighted by Gasteiger charge is 2.19. The van der Waals surface area contributed by atoms with Gasteiger partial charge in [0, 0.05) is 0 Å². The number of unbranched alkanes of at least 4 members (excludes halogenated alkanes) is 1. The summed E-state index contributed by atoms with van der Waals surface area (Å²) in [4.78, 5) is 12.4. The number of aliphatic hydroxyl groups excluding tert-OH is 1. The van der Waals surface area contributed by atoms with Crippen molar-refractivity contribution in [3.05, 3.63) is 24.8 Å². The molecule has 2 rings (SSSR count). The number of rotatable bonds is 6. The van der Waals surface area contributed by atoms with Gasteiger partial charge in [-0.05, 0) is 19.8 Å². The van der Waals surface area contributed by atoms with Crippen LogP contribution in [0, 0.1) is 0 Å². The van der Waals surface area contributed by atoms with E-state index in [0.29, 0.717) is 17.0 Å². The van der Waals surface area contributed by atoms with Crippen LogP contribution >= 0.6 is 0 Å². The normalized spacial score (nSPS) is 14.9. The molecule has 0 saturated heterocycles. The number of nitrogen functional groups attached to an aromatic ring is 1. The number of nitrogens with two attached hydrogens (primary N) is 1. The van der Waals surface area contributed by atoms with Crippen LogP contribution in [0.25, 0.3) is 11.2 Å². The van der Waals surface area contributed by atoms with Crippen molar-refractivity contribution in [3.63, 3.8) is 0 Å². The van der Waals surface area contributed by atoms with Gasteiger partial charge in [0.25, 0.3) is 0 Å². The number of hydrogen-bond acceptors (Lipinski definition) is 5. The molecule has 6 nitrogen and oxygen atoms in total. The molecular weight excluding hydrogens is 254 g/mol. The molecule has 20 heavy (non-hydrogen) atoms. The highest BCUT2D eigenvalue weighted by molar-refractivity contribution is 5.81. The Morgan fingerprint density at radius 3 is 2.85 bits per heavy atom. The van der Waals surface area contributed by atoms with Crippen molar-refractivity contribution < 1.29 is 5.11 Å². The predicted octanol–water partition coefficient (Wildman–Crippen LogP) is 2.08. The fourth-order valence-corrected chi connectivity index (χ4v) is 2.18. The van der Waals surface area contributed by atoms with Crippen molar-refractivity contribution >= 4 is 17.0 Å². The zero-order valence-corrected chi connectivity index (χ0v) is 11.9. The maximum absolute atomic E-state index is 10.0. The van der Waals surface area contributed by atoms with Gasteiger partial charge in [0.2, 0.25) is 0 Å². The number of allylic oxidation sites excluding steroid dienone is 2. The molecule has 0 aromatic carbocycles. The molecule has 0 aliphatic rings. The molecule has 2 heterocycles. The van der Waals surface area contributed by atoms with Crippen molar-refractivity contribution in [2.75, 3.05) is 5.73 Å². The van der Waals surface area contributed by atoms with E-state index in [0.717, 1.165) is 19.3 Å². The van der Waals surface area contributed by atoms with E-state index in [2.05, 4.69) is 34.0 Å². The van der Waals surface area contributed by atoms with Gasteiger partial charge in [-0.1, -0.05) is 25.5 Å². The first kappa shape index (κ1) is 14.5. The average molecular weight is 275 g/mol. The maximum atomic E-state index is 10.0. The lowest BCUT2D eigenvalue weighted by Gasteiger charge is -2.20. The van der Waals surface area contributed by atoms with E-state index in [1.54, 1.807) is 13.3 Å². The van der Waals surface area contributed by atoms with Gasteiger partial charge >= 0.3 is 0 Å². The van der Waals surface area contributed by atoms with E-state index in [9.17, 15) is 5.11 Å². The summed E-state index contributed by atoms with van der Waals surface area (Å²) in [7, 11) is 0. The smallest absolute Gasteiger partial charge is 0.165 e. The molecule has 0 radical (unpaired) electrons. The summed E-state index contributed by atoms with van der Waals surface area (Å²) < 4.78 is 1.87. The second-order valence-electron chi connectivity index (χ2n) is 4.89. The van der Waals surface area contributed by atoms with E-state index in [1.165, 1.54) is 6.33 Å². The highest BCUT2D eigenvalue weighted by Crippen LogP contribution is 2.23. The van der Waals surface area contributed by atoms with Gasteiger partial charge < -0.3 is 15.4 Å². The number of hydrogen-bond donors (Lipinski definition) is 2. The summed E-state index contributed by atoms with van der Waals surface area (Å²) in [5, 5.41) is 10.0. The Morgan fingerprint density at radius 2 is 2.15 bits per heavy atom. The van der Waals surface area contributed by atoms with Crippen LogP contribution in [0.4, 0.5) is 5.82 Å². The predicted molar refractivity (Wildman–Crippen MR) is 79.1 cm³/mol. The molecular formula is C14H21N5O. The van der Waals surface area contributed by atoms with Crippen molar-refractivity contribution in [1.82, 2.24) is 19.5 Å². The molecule has 2 aromatic rings. The lowest BCUT2D eigenvalue weighted by atomic mass is 10.1. The maximum Gasteiger partial charge on any atom is 0.165 e. The van der Waals surface area contributed by atoms with Gasteiger partial charge in [0.15, 0.2) is 11.5 Å². The standard InChI is InChI=1S/C14H21N5O/c1-3-4-5-6-7-11(10(2)20)19-9-18-12-13(15)16-8-17-14(12)19/h5-6,8-11,20H,3-4,7H2,1-2H3,(H2,15,16,17). The Hall–Kier alpha value is -1.95. The Morgan fingerprint density at radius 1 is 1.35 bits per heavy atom. The second kappa shape index (κ2) is 6.47. The zero-order chi connectivity index (χ0) is 14.5. The topological polar surface area (TPSA) is 89.8 Å². The third-order valence-electron chi connectivity index (χ3n) is 3.30. The van der Waals surface area contributed by atoms with Crippen molar-refractivity contribution in [3.8, 4) is 0 Å². The van der Waals surface area contributed by atoms with E-state index >= 15 is 0 Å². The Kier molecular flexibility index (Phi) is 4.68. The molecule has 0 bridgehead atoms. The summed E-state index contributed by atoms with van der Waals surface area (Å²) in [6.07, 6.45) is 9.71. The molecule has 0 amide bonds. The summed E-state index contributed by atoms with van der Waals surface area (Å²) in [6, 6.07) is -0.109. The zero-order valence-electron chi connectivity index (χ0n) is 11.9. The van der Waals surface area contributed by atoms with Crippen molar-refractivity contribution in [2.45, 2.75) is 45.3 Å². The first-order chi connectivity index (χ1) is 9.65. The number of imidazole rings is 1. The summed E-state index contributed by atoms with van der Waals surface area (Å²) >= 11 is 0. The largest absolute Gasteiger partial charge is 0.391 e. The molecule has 0 aliphatic carbocycles. The number of nitrogens with zero attached hydrogens (tertiary/aromatic N) is 4. The minimum absolute atomic E-state index is 0.109. The van der Waals surface area contributed by atoms with Crippen LogP contribution in [0.3, 0.4) is 0 Å². The monoisotopic (exact) mass is 275 g/mol. The third-order valence-corrected chi connectivity index (χ3v) is 3.30. The molecule has 2 atom stereocenters. The molecule has 2 aromatic heterocycles. The molecule has 0 spiro atoms. The van der Waals surface area contributed by atoms with E-state index in [-0.39, 0.29) is 6.04 Å². The van der Waals surface area contributed by atoms with Crippen LogP contribution in [0.2, 0.25) is 0 Å². The fraction of sp³-hybridized carbons (Fsp3) is 0.500. The van der Waals surface area contributed by atoms with Crippen molar-refractivity contribution in [2.24, 2.45) is 0 Å². The van der Waals surface area contributed by atoms with Crippen LogP contribution in [-0.4, -0.2) is 30.7 Å². The summed E-state index contributed by atoms with van der Waals surface area (Å²) in [5.74, 6) is 0.361. The van der Waals surface area contributed by atoms with Crippen LogP contribution in [0.15, 0.2) is 24.8 Å². The molecule has 6 heteroatoms. The number of anilines is 1. The number of fused-ring (bicyclic) bond motifs is 1.